The number of rotatable bonds is 5. The number of aliphatic carboxylic acids is 2. The highest BCUT2D eigenvalue weighted by molar-refractivity contribution is 6.54. The highest BCUT2D eigenvalue weighted by Gasteiger charge is 2.53. The van der Waals surface area contributed by atoms with E-state index in [-0.39, 0.29) is 0 Å². The summed E-state index contributed by atoms with van der Waals surface area (Å²) in [6.07, 6.45) is -0.908. The SMILES string of the molecule is CC1(C)OB(C(F)=C(CCC(=O)O)C(=O)O)OC1(C)C. The van der Waals surface area contributed by atoms with Crippen LogP contribution in [-0.2, 0) is 18.9 Å². The molecular weight excluding hydrogens is 270 g/mol. The minimum atomic E-state index is -1.52. The van der Waals surface area contributed by atoms with Gasteiger partial charge in [0.2, 0.25) is 0 Å². The van der Waals surface area contributed by atoms with Crippen LogP contribution in [0.5, 0.6) is 0 Å². The Kier molecular flexibility index (Phi) is 4.61. The van der Waals surface area contributed by atoms with Crippen LogP contribution >= 0.6 is 0 Å². The molecule has 20 heavy (non-hydrogen) atoms. The summed E-state index contributed by atoms with van der Waals surface area (Å²) < 4.78 is 25.0. The first-order chi connectivity index (χ1) is 8.98. The van der Waals surface area contributed by atoms with E-state index in [2.05, 4.69) is 0 Å². The Balaban J connectivity index is 3.00. The van der Waals surface area contributed by atoms with Crippen LogP contribution in [0.4, 0.5) is 4.39 Å². The minimum Gasteiger partial charge on any atom is -0.481 e. The van der Waals surface area contributed by atoms with Gasteiger partial charge < -0.3 is 19.5 Å². The summed E-state index contributed by atoms with van der Waals surface area (Å²) in [4.78, 5) is 21.5. The van der Waals surface area contributed by atoms with Crippen molar-refractivity contribution in [1.29, 1.82) is 0 Å². The molecule has 2 N–H and O–H groups in total. The summed E-state index contributed by atoms with van der Waals surface area (Å²) in [6, 6.07) is 0. The average Bonchev–Trinajstić information content (AvgIpc) is 2.47. The summed E-state index contributed by atoms with van der Waals surface area (Å²) in [5.74, 6) is -2.72. The van der Waals surface area contributed by atoms with Gasteiger partial charge >= 0.3 is 19.1 Å². The molecule has 0 aliphatic carbocycles. The molecule has 1 aliphatic rings. The minimum absolute atomic E-state index is 0.430. The van der Waals surface area contributed by atoms with Crippen LogP contribution in [0, 0.1) is 0 Å². The highest BCUT2D eigenvalue weighted by Crippen LogP contribution is 2.39. The normalized spacial score (nSPS) is 21.6. The van der Waals surface area contributed by atoms with Gasteiger partial charge in [0.1, 0.15) is 5.73 Å². The van der Waals surface area contributed by atoms with Crippen molar-refractivity contribution in [2.24, 2.45) is 0 Å². The second kappa shape index (κ2) is 5.53. The Morgan fingerprint density at radius 2 is 1.50 bits per heavy atom. The van der Waals surface area contributed by atoms with Gasteiger partial charge in [0, 0.05) is 6.42 Å². The zero-order valence-electron chi connectivity index (χ0n) is 11.9. The van der Waals surface area contributed by atoms with Crippen LogP contribution < -0.4 is 0 Å². The first-order valence-electron chi connectivity index (χ1n) is 6.17. The van der Waals surface area contributed by atoms with Gasteiger partial charge in [0.25, 0.3) is 0 Å². The zero-order valence-corrected chi connectivity index (χ0v) is 11.9. The fourth-order valence-corrected chi connectivity index (χ4v) is 1.65. The predicted octanol–water partition coefficient (Wildman–Crippen LogP) is 1.79. The molecule has 1 saturated heterocycles. The van der Waals surface area contributed by atoms with E-state index in [1.807, 2.05) is 0 Å². The highest BCUT2D eigenvalue weighted by atomic mass is 19.1. The molecule has 0 atom stereocenters. The standard InChI is InChI=1S/C12H18BFO6/c1-11(2)12(3,4)20-13(19-11)9(14)7(10(17)18)5-6-8(15)16/h5-6H2,1-4H3,(H,15,16)(H,17,18). The molecule has 0 spiro atoms. The molecule has 0 saturated carbocycles. The van der Waals surface area contributed by atoms with Crippen molar-refractivity contribution in [2.75, 3.05) is 0 Å². The summed E-state index contributed by atoms with van der Waals surface area (Å²) in [7, 11) is -1.43. The maximum atomic E-state index is 14.2. The first kappa shape index (κ1) is 16.6. The van der Waals surface area contributed by atoms with E-state index in [1.54, 1.807) is 27.7 Å². The molecule has 0 radical (unpaired) electrons. The van der Waals surface area contributed by atoms with Crippen molar-refractivity contribution in [2.45, 2.75) is 51.7 Å². The Bertz CT molecular complexity index is 441. The van der Waals surface area contributed by atoms with Gasteiger partial charge in [-0.2, -0.15) is 0 Å². The number of hydrogen-bond donors (Lipinski definition) is 2. The molecule has 112 valence electrons. The lowest BCUT2D eigenvalue weighted by Gasteiger charge is -2.32. The van der Waals surface area contributed by atoms with E-state index in [0.717, 1.165) is 0 Å². The lowest BCUT2D eigenvalue weighted by molar-refractivity contribution is -0.137. The van der Waals surface area contributed by atoms with Crippen LogP contribution in [-0.4, -0.2) is 40.5 Å². The van der Waals surface area contributed by atoms with Gasteiger partial charge in [-0.3, -0.25) is 4.79 Å². The summed E-state index contributed by atoms with van der Waals surface area (Å²) in [5, 5.41) is 17.5. The smallest absolute Gasteiger partial charge is 0.481 e. The molecule has 1 heterocycles. The van der Waals surface area contributed by atoms with Gasteiger partial charge in [-0.1, -0.05) is 0 Å². The fourth-order valence-electron chi connectivity index (χ4n) is 1.65. The quantitative estimate of drug-likeness (QED) is 0.591. The first-order valence-corrected chi connectivity index (χ1v) is 6.17. The summed E-state index contributed by atoms with van der Waals surface area (Å²) in [6.45, 7) is 6.83. The monoisotopic (exact) mass is 288 g/mol. The zero-order chi connectivity index (χ0) is 15.7. The molecule has 6 nitrogen and oxygen atoms in total. The molecule has 1 fully saturated rings. The van der Waals surface area contributed by atoms with E-state index < -0.39 is 54.4 Å². The Hall–Kier alpha value is -1.41. The third kappa shape index (κ3) is 3.37. The van der Waals surface area contributed by atoms with Crippen molar-refractivity contribution in [1.82, 2.24) is 0 Å². The van der Waals surface area contributed by atoms with Gasteiger partial charge in [-0.25, -0.2) is 9.18 Å². The van der Waals surface area contributed by atoms with Gasteiger partial charge in [0.05, 0.1) is 16.8 Å². The van der Waals surface area contributed by atoms with E-state index in [1.165, 1.54) is 0 Å². The maximum Gasteiger partial charge on any atom is 0.525 e. The molecule has 0 unspecified atom stereocenters. The number of carbonyl (C=O) groups is 2. The molecule has 1 rings (SSSR count). The third-order valence-electron chi connectivity index (χ3n) is 3.60. The van der Waals surface area contributed by atoms with E-state index in [4.69, 9.17) is 19.5 Å². The summed E-state index contributed by atoms with van der Waals surface area (Å²) in [5.41, 5.74) is -3.32. The second-order valence-corrected chi connectivity index (χ2v) is 5.61. The second-order valence-electron chi connectivity index (χ2n) is 5.61. The predicted molar refractivity (Wildman–Crippen MR) is 68.7 cm³/mol. The molecule has 0 amide bonds. The molecule has 0 aromatic rings. The maximum absolute atomic E-state index is 14.2. The van der Waals surface area contributed by atoms with Crippen molar-refractivity contribution in [3.05, 3.63) is 11.3 Å². The Morgan fingerprint density at radius 1 is 1.05 bits per heavy atom. The molecule has 0 aromatic carbocycles. The van der Waals surface area contributed by atoms with Crippen LogP contribution in [0.1, 0.15) is 40.5 Å². The largest absolute Gasteiger partial charge is 0.525 e. The Morgan fingerprint density at radius 3 is 1.85 bits per heavy atom. The van der Waals surface area contributed by atoms with Crippen LogP contribution in [0.15, 0.2) is 11.3 Å². The molecule has 1 aliphatic heterocycles. The van der Waals surface area contributed by atoms with E-state index >= 15 is 0 Å². The summed E-state index contributed by atoms with van der Waals surface area (Å²) >= 11 is 0. The number of carboxylic acid groups (broad SMARTS) is 2. The average molecular weight is 288 g/mol. The van der Waals surface area contributed by atoms with Crippen molar-refractivity contribution in [3.63, 3.8) is 0 Å². The lowest BCUT2D eigenvalue weighted by Crippen LogP contribution is -2.41. The van der Waals surface area contributed by atoms with Gasteiger partial charge in [-0.15, -0.1) is 0 Å². The van der Waals surface area contributed by atoms with Gasteiger partial charge in [0.15, 0.2) is 0 Å². The van der Waals surface area contributed by atoms with Crippen molar-refractivity contribution < 1.29 is 33.5 Å². The van der Waals surface area contributed by atoms with Crippen LogP contribution in [0.25, 0.3) is 0 Å². The Labute approximate surface area is 116 Å². The van der Waals surface area contributed by atoms with Crippen LogP contribution in [0.3, 0.4) is 0 Å². The molecule has 8 heteroatoms. The number of hydrogen-bond acceptors (Lipinski definition) is 4. The molecule has 0 bridgehead atoms. The molecular formula is C12H18BFO6. The van der Waals surface area contributed by atoms with Crippen LogP contribution in [0.2, 0.25) is 0 Å². The number of halogens is 1. The molecule has 0 aromatic heterocycles. The van der Waals surface area contributed by atoms with E-state index in [0.29, 0.717) is 0 Å². The fraction of sp³-hybridized carbons (Fsp3) is 0.667. The van der Waals surface area contributed by atoms with Crippen molar-refractivity contribution in [3.8, 4) is 0 Å². The van der Waals surface area contributed by atoms with Gasteiger partial charge in [-0.05, 0) is 34.1 Å². The third-order valence-corrected chi connectivity index (χ3v) is 3.60. The van der Waals surface area contributed by atoms with Crippen molar-refractivity contribution >= 4 is 19.1 Å². The van der Waals surface area contributed by atoms with E-state index in [9.17, 15) is 14.0 Å². The lowest BCUT2D eigenvalue weighted by atomic mass is 9.83. The number of carboxylic acids is 2. The topological polar surface area (TPSA) is 93.1 Å².